The van der Waals surface area contributed by atoms with E-state index in [0.29, 0.717) is 19.6 Å². The Morgan fingerprint density at radius 1 is 1.20 bits per heavy atom. The average Bonchev–Trinajstić information content (AvgIpc) is 3.09. The Bertz CT molecular complexity index is 749. The van der Waals surface area contributed by atoms with E-state index >= 15 is 0 Å². The van der Waals surface area contributed by atoms with Gasteiger partial charge in [0.15, 0.2) is 0 Å². The smallest absolute Gasteiger partial charge is 0.247 e. The van der Waals surface area contributed by atoms with Crippen molar-refractivity contribution in [2.75, 3.05) is 19.6 Å². The molecule has 2 heterocycles. The molecule has 2 aromatic rings. The summed E-state index contributed by atoms with van der Waals surface area (Å²) >= 11 is 0. The Labute approximate surface area is 148 Å². The molecule has 1 saturated heterocycles. The van der Waals surface area contributed by atoms with Crippen LogP contribution in [-0.2, 0) is 16.1 Å². The predicted octanol–water partition coefficient (Wildman–Crippen LogP) is 1.93. The van der Waals surface area contributed by atoms with Gasteiger partial charge in [-0.15, -0.1) is 0 Å². The summed E-state index contributed by atoms with van der Waals surface area (Å²) in [6, 6.07) is 7.73. The fourth-order valence-electron chi connectivity index (χ4n) is 3.33. The number of nitrogens with zero attached hydrogens (tertiary/aromatic N) is 4. The van der Waals surface area contributed by atoms with Crippen LogP contribution in [0.25, 0.3) is 0 Å². The van der Waals surface area contributed by atoms with Gasteiger partial charge in [-0.1, -0.05) is 29.3 Å². The van der Waals surface area contributed by atoms with E-state index < -0.39 is 6.04 Å². The van der Waals surface area contributed by atoms with Gasteiger partial charge in [0.2, 0.25) is 11.8 Å². The van der Waals surface area contributed by atoms with Crippen molar-refractivity contribution < 1.29 is 9.59 Å². The Morgan fingerprint density at radius 2 is 1.92 bits per heavy atom. The van der Waals surface area contributed by atoms with E-state index in [4.69, 9.17) is 0 Å². The summed E-state index contributed by atoms with van der Waals surface area (Å²) in [5.74, 6) is -0.0745. The monoisotopic (exact) mass is 340 g/mol. The van der Waals surface area contributed by atoms with Crippen molar-refractivity contribution in [3.8, 4) is 0 Å². The van der Waals surface area contributed by atoms with Crippen LogP contribution in [0.5, 0.6) is 0 Å². The lowest BCUT2D eigenvalue weighted by molar-refractivity contribution is -0.147. The van der Waals surface area contributed by atoms with E-state index in [1.807, 2.05) is 11.8 Å². The normalized spacial score (nSPS) is 16.2. The van der Waals surface area contributed by atoms with Gasteiger partial charge in [-0.3, -0.25) is 14.3 Å². The molecule has 1 aromatic heterocycles. The highest BCUT2D eigenvalue weighted by atomic mass is 16.2. The largest absolute Gasteiger partial charge is 0.335 e. The summed E-state index contributed by atoms with van der Waals surface area (Å²) in [6.45, 7) is 7.77. The first-order valence-electron chi connectivity index (χ1n) is 8.57. The third-order valence-electron chi connectivity index (χ3n) is 4.56. The van der Waals surface area contributed by atoms with Crippen LogP contribution in [0.3, 0.4) is 0 Å². The number of aryl methyl sites for hydroxylation is 2. The number of benzene rings is 1. The first kappa shape index (κ1) is 17.2. The fourth-order valence-corrected chi connectivity index (χ4v) is 3.33. The molecule has 0 unspecified atom stereocenters. The third-order valence-corrected chi connectivity index (χ3v) is 4.56. The lowest BCUT2D eigenvalue weighted by Gasteiger charge is -2.35. The number of hydrogen-bond donors (Lipinski definition) is 0. The van der Waals surface area contributed by atoms with Crippen LogP contribution in [0, 0.1) is 13.8 Å². The molecule has 0 bridgehead atoms. The van der Waals surface area contributed by atoms with Crippen LogP contribution in [0.4, 0.5) is 0 Å². The maximum absolute atomic E-state index is 12.6. The van der Waals surface area contributed by atoms with Gasteiger partial charge < -0.3 is 9.80 Å². The Morgan fingerprint density at radius 3 is 2.52 bits per heavy atom. The zero-order valence-electron chi connectivity index (χ0n) is 15.0. The standard InChI is InChI=1S/C19H24N4O2/c1-14-9-15(2)11-17(10-14)12-21-7-8-22(13-18(21)24)19(25)16(3)23-6-4-5-20-23/h4-6,9-11,16H,7-8,12-13H2,1-3H3/t16-/m1/s1. The Kier molecular flexibility index (Phi) is 4.88. The van der Waals surface area contributed by atoms with Gasteiger partial charge in [0, 0.05) is 32.0 Å². The minimum atomic E-state index is -0.395. The highest BCUT2D eigenvalue weighted by molar-refractivity contribution is 5.87. The average molecular weight is 340 g/mol. The second-order valence-corrected chi connectivity index (χ2v) is 6.73. The Hall–Kier alpha value is -2.63. The second kappa shape index (κ2) is 7.09. The van der Waals surface area contributed by atoms with Crippen LogP contribution >= 0.6 is 0 Å². The van der Waals surface area contributed by atoms with Crippen LogP contribution in [0.15, 0.2) is 36.7 Å². The van der Waals surface area contributed by atoms with Crippen molar-refractivity contribution in [3.05, 3.63) is 53.3 Å². The lowest BCUT2D eigenvalue weighted by Crippen LogP contribution is -2.53. The van der Waals surface area contributed by atoms with Crippen molar-refractivity contribution in [3.63, 3.8) is 0 Å². The topological polar surface area (TPSA) is 58.4 Å². The third kappa shape index (κ3) is 3.90. The Balaban J connectivity index is 1.62. The number of carbonyl (C=O) groups is 2. The molecular formula is C19H24N4O2. The van der Waals surface area contributed by atoms with Crippen LogP contribution in [0.1, 0.15) is 29.7 Å². The van der Waals surface area contributed by atoms with Gasteiger partial charge in [0.1, 0.15) is 6.04 Å². The van der Waals surface area contributed by atoms with Gasteiger partial charge in [-0.05, 0) is 32.4 Å². The quantitative estimate of drug-likeness (QED) is 0.854. The molecule has 6 heteroatoms. The van der Waals surface area contributed by atoms with Gasteiger partial charge in [0.05, 0.1) is 6.54 Å². The number of piperazine rings is 1. The van der Waals surface area contributed by atoms with Crippen molar-refractivity contribution in [2.45, 2.75) is 33.4 Å². The highest BCUT2D eigenvalue weighted by Gasteiger charge is 2.30. The molecule has 1 aliphatic rings. The summed E-state index contributed by atoms with van der Waals surface area (Å²) in [7, 11) is 0. The fraction of sp³-hybridized carbons (Fsp3) is 0.421. The summed E-state index contributed by atoms with van der Waals surface area (Å²) in [6.07, 6.45) is 3.41. The molecule has 25 heavy (non-hydrogen) atoms. The van der Waals surface area contributed by atoms with Crippen molar-refractivity contribution in [1.29, 1.82) is 0 Å². The van der Waals surface area contributed by atoms with E-state index in [2.05, 4.69) is 37.1 Å². The number of carbonyl (C=O) groups excluding carboxylic acids is 2. The van der Waals surface area contributed by atoms with E-state index in [9.17, 15) is 9.59 Å². The van der Waals surface area contributed by atoms with Crippen molar-refractivity contribution in [1.82, 2.24) is 19.6 Å². The molecule has 1 aliphatic heterocycles. The van der Waals surface area contributed by atoms with Gasteiger partial charge in [0.25, 0.3) is 0 Å². The van der Waals surface area contributed by atoms with Gasteiger partial charge in [-0.2, -0.15) is 5.10 Å². The van der Waals surface area contributed by atoms with E-state index in [0.717, 1.165) is 5.56 Å². The minimum absolute atomic E-state index is 0.00794. The molecule has 1 fully saturated rings. The predicted molar refractivity (Wildman–Crippen MR) is 94.9 cm³/mol. The van der Waals surface area contributed by atoms with Gasteiger partial charge in [-0.25, -0.2) is 0 Å². The maximum Gasteiger partial charge on any atom is 0.247 e. The molecule has 3 rings (SSSR count). The maximum atomic E-state index is 12.6. The molecule has 0 saturated carbocycles. The number of rotatable bonds is 4. The molecular weight excluding hydrogens is 316 g/mol. The van der Waals surface area contributed by atoms with Crippen molar-refractivity contribution >= 4 is 11.8 Å². The number of hydrogen-bond acceptors (Lipinski definition) is 3. The first-order chi connectivity index (χ1) is 11.9. The summed E-state index contributed by atoms with van der Waals surface area (Å²) < 4.78 is 1.62. The van der Waals surface area contributed by atoms with Crippen LogP contribution in [-0.4, -0.2) is 51.0 Å². The summed E-state index contributed by atoms with van der Waals surface area (Å²) in [4.78, 5) is 28.6. The molecule has 132 valence electrons. The second-order valence-electron chi connectivity index (χ2n) is 6.73. The van der Waals surface area contributed by atoms with E-state index in [1.54, 1.807) is 28.0 Å². The SMILES string of the molecule is Cc1cc(C)cc(CN2CCN(C(=O)[C@@H](C)n3cccn3)CC2=O)c1. The summed E-state index contributed by atoms with van der Waals surface area (Å²) in [5.41, 5.74) is 3.53. The van der Waals surface area contributed by atoms with Crippen LogP contribution in [0.2, 0.25) is 0 Å². The number of aromatic nitrogens is 2. The van der Waals surface area contributed by atoms with Crippen molar-refractivity contribution in [2.24, 2.45) is 0 Å². The van der Waals surface area contributed by atoms with Crippen LogP contribution < -0.4 is 0 Å². The molecule has 0 spiro atoms. The molecule has 6 nitrogen and oxygen atoms in total. The van der Waals surface area contributed by atoms with Gasteiger partial charge >= 0.3 is 0 Å². The zero-order chi connectivity index (χ0) is 18.0. The zero-order valence-corrected chi connectivity index (χ0v) is 15.0. The highest BCUT2D eigenvalue weighted by Crippen LogP contribution is 2.16. The molecule has 1 atom stereocenters. The first-order valence-corrected chi connectivity index (χ1v) is 8.57. The molecule has 0 N–H and O–H groups in total. The molecule has 0 radical (unpaired) electrons. The van der Waals surface area contributed by atoms with E-state index in [1.165, 1.54) is 11.1 Å². The summed E-state index contributed by atoms with van der Waals surface area (Å²) in [5, 5.41) is 4.11. The minimum Gasteiger partial charge on any atom is -0.335 e. The molecule has 1 aromatic carbocycles. The molecule has 2 amide bonds. The lowest BCUT2D eigenvalue weighted by atomic mass is 10.1. The molecule has 0 aliphatic carbocycles. The van der Waals surface area contributed by atoms with E-state index in [-0.39, 0.29) is 18.4 Å². The number of amides is 2.